The van der Waals surface area contributed by atoms with Crippen LogP contribution >= 0.6 is 11.3 Å². The maximum atomic E-state index is 10.6. The van der Waals surface area contributed by atoms with Crippen molar-refractivity contribution >= 4 is 17.3 Å². The number of aromatic nitrogens is 3. The standard InChI is InChI=1S/C15H20N4O2S.C2HF3O2/c1-10-7-22-14(16-10)5-19-4-12-6-20-9-15(12,8-19)3-13-17-11(2)18-21-13;3-2(4,5)1(6)7/h7,12H,3-6,8-9H2,1-2H3;(H,6,7)/t12-,15+;/m1./s1. The van der Waals surface area contributed by atoms with Crippen LogP contribution in [-0.4, -0.2) is 63.6 Å². The van der Waals surface area contributed by atoms with Crippen LogP contribution in [0.4, 0.5) is 13.2 Å². The van der Waals surface area contributed by atoms with Crippen LogP contribution in [0, 0.1) is 25.2 Å². The van der Waals surface area contributed by atoms with Crippen molar-refractivity contribution in [2.45, 2.75) is 33.0 Å². The first-order valence-electron chi connectivity index (χ1n) is 8.88. The first-order chi connectivity index (χ1) is 13.6. The van der Waals surface area contributed by atoms with E-state index >= 15 is 0 Å². The zero-order valence-corrected chi connectivity index (χ0v) is 16.7. The van der Waals surface area contributed by atoms with Gasteiger partial charge in [-0.2, -0.15) is 18.2 Å². The fourth-order valence-electron chi connectivity index (χ4n) is 3.69. The number of ether oxygens (including phenoxy) is 1. The predicted octanol–water partition coefficient (Wildman–Crippen LogP) is 2.47. The van der Waals surface area contributed by atoms with E-state index in [-0.39, 0.29) is 5.41 Å². The molecule has 0 aromatic carbocycles. The van der Waals surface area contributed by atoms with Crippen LogP contribution in [0.3, 0.4) is 0 Å². The van der Waals surface area contributed by atoms with Gasteiger partial charge >= 0.3 is 12.1 Å². The Bertz CT molecular complexity index is 856. The fraction of sp³-hybridized carbons (Fsp3) is 0.647. The van der Waals surface area contributed by atoms with Crippen molar-refractivity contribution in [3.63, 3.8) is 0 Å². The van der Waals surface area contributed by atoms with Gasteiger partial charge in [-0.3, -0.25) is 4.90 Å². The molecule has 2 aliphatic rings. The molecule has 0 amide bonds. The number of aryl methyl sites for hydroxylation is 2. The lowest BCUT2D eigenvalue weighted by molar-refractivity contribution is -0.192. The second-order valence-corrected chi connectivity index (χ2v) is 8.28. The molecule has 4 heterocycles. The number of hydrogen-bond acceptors (Lipinski definition) is 8. The minimum Gasteiger partial charge on any atom is -0.475 e. The molecule has 2 saturated heterocycles. The number of fused-ring (bicyclic) bond motifs is 1. The van der Waals surface area contributed by atoms with E-state index in [4.69, 9.17) is 19.2 Å². The summed E-state index contributed by atoms with van der Waals surface area (Å²) < 4.78 is 42.8. The summed E-state index contributed by atoms with van der Waals surface area (Å²) in [7, 11) is 0. The maximum Gasteiger partial charge on any atom is 0.490 e. The molecule has 0 saturated carbocycles. The van der Waals surface area contributed by atoms with Gasteiger partial charge in [-0.05, 0) is 13.8 Å². The highest BCUT2D eigenvalue weighted by Crippen LogP contribution is 2.44. The third-order valence-electron chi connectivity index (χ3n) is 4.93. The van der Waals surface area contributed by atoms with Gasteiger partial charge in [-0.15, -0.1) is 11.3 Å². The van der Waals surface area contributed by atoms with Gasteiger partial charge < -0.3 is 14.4 Å². The van der Waals surface area contributed by atoms with E-state index in [1.54, 1.807) is 11.3 Å². The second kappa shape index (κ2) is 8.36. The molecule has 29 heavy (non-hydrogen) atoms. The molecule has 2 aliphatic heterocycles. The number of thiazole rings is 1. The van der Waals surface area contributed by atoms with E-state index in [0.717, 1.165) is 50.9 Å². The molecule has 0 aliphatic carbocycles. The van der Waals surface area contributed by atoms with Gasteiger partial charge in [0, 0.05) is 41.9 Å². The van der Waals surface area contributed by atoms with Crippen LogP contribution in [-0.2, 0) is 22.5 Å². The molecule has 12 heteroatoms. The SMILES string of the molecule is Cc1csc(CN2C[C@@H]3COC[C@]3(Cc3nc(C)no3)C2)n1.O=C(O)C(F)(F)F. The van der Waals surface area contributed by atoms with E-state index in [1.807, 2.05) is 13.8 Å². The van der Waals surface area contributed by atoms with Crippen LogP contribution in [0.2, 0.25) is 0 Å². The molecule has 1 N–H and O–H groups in total. The quantitative estimate of drug-likeness (QED) is 0.783. The largest absolute Gasteiger partial charge is 0.490 e. The molecule has 160 valence electrons. The lowest BCUT2D eigenvalue weighted by atomic mass is 9.78. The van der Waals surface area contributed by atoms with Gasteiger partial charge in [0.25, 0.3) is 0 Å². The van der Waals surface area contributed by atoms with Gasteiger partial charge in [-0.25, -0.2) is 9.78 Å². The highest BCUT2D eigenvalue weighted by molar-refractivity contribution is 7.09. The average molecular weight is 434 g/mol. The molecular formula is C17H21F3N4O4S. The molecule has 0 radical (unpaired) electrons. The van der Waals surface area contributed by atoms with Crippen molar-refractivity contribution in [3.8, 4) is 0 Å². The van der Waals surface area contributed by atoms with Crippen molar-refractivity contribution in [2.24, 2.45) is 11.3 Å². The van der Waals surface area contributed by atoms with Crippen molar-refractivity contribution < 1.29 is 32.3 Å². The average Bonchev–Trinajstić information content (AvgIpc) is 3.34. The van der Waals surface area contributed by atoms with E-state index in [2.05, 4.69) is 25.4 Å². The number of aliphatic carboxylic acids is 1. The van der Waals surface area contributed by atoms with E-state index < -0.39 is 12.1 Å². The van der Waals surface area contributed by atoms with E-state index in [0.29, 0.717) is 11.7 Å². The summed E-state index contributed by atoms with van der Waals surface area (Å²) >= 11 is 1.75. The summed E-state index contributed by atoms with van der Waals surface area (Å²) in [6.45, 7) is 8.53. The van der Waals surface area contributed by atoms with Crippen LogP contribution in [0.15, 0.2) is 9.90 Å². The number of halogens is 3. The van der Waals surface area contributed by atoms with Crippen molar-refractivity contribution in [1.82, 2.24) is 20.0 Å². The molecular weight excluding hydrogens is 413 g/mol. The number of rotatable bonds is 4. The van der Waals surface area contributed by atoms with Crippen molar-refractivity contribution in [2.75, 3.05) is 26.3 Å². The first kappa shape index (κ1) is 21.7. The zero-order chi connectivity index (χ0) is 21.2. The maximum absolute atomic E-state index is 10.6. The Morgan fingerprint density at radius 2 is 2.14 bits per heavy atom. The molecule has 2 atom stereocenters. The van der Waals surface area contributed by atoms with Crippen LogP contribution in [0.5, 0.6) is 0 Å². The Hall–Kier alpha value is -2.05. The van der Waals surface area contributed by atoms with Gasteiger partial charge in [0.2, 0.25) is 5.89 Å². The van der Waals surface area contributed by atoms with Gasteiger partial charge in [0.15, 0.2) is 5.82 Å². The second-order valence-electron chi connectivity index (χ2n) is 7.34. The summed E-state index contributed by atoms with van der Waals surface area (Å²) in [4.78, 5) is 20.4. The highest BCUT2D eigenvalue weighted by Gasteiger charge is 2.51. The number of carboxylic acid groups (broad SMARTS) is 1. The van der Waals surface area contributed by atoms with Crippen LogP contribution in [0.1, 0.15) is 22.4 Å². The first-order valence-corrected chi connectivity index (χ1v) is 9.76. The van der Waals surface area contributed by atoms with Crippen LogP contribution in [0.25, 0.3) is 0 Å². The minimum atomic E-state index is -5.08. The topological polar surface area (TPSA) is 102 Å². The molecule has 0 bridgehead atoms. The Morgan fingerprint density at radius 1 is 1.41 bits per heavy atom. The molecule has 4 rings (SSSR count). The third kappa shape index (κ3) is 5.31. The monoisotopic (exact) mass is 434 g/mol. The number of likely N-dealkylation sites (tertiary alicyclic amines) is 1. The Labute approximate surface area is 168 Å². The molecule has 0 unspecified atom stereocenters. The summed E-state index contributed by atoms with van der Waals surface area (Å²) in [5, 5.41) is 14.3. The number of hydrogen-bond donors (Lipinski definition) is 1. The molecule has 2 aromatic heterocycles. The summed E-state index contributed by atoms with van der Waals surface area (Å²) in [6, 6.07) is 0. The normalized spacial score (nSPS) is 24.2. The lowest BCUT2D eigenvalue weighted by Gasteiger charge is -2.25. The summed E-state index contributed by atoms with van der Waals surface area (Å²) in [5.41, 5.74) is 1.23. The van der Waals surface area contributed by atoms with Crippen molar-refractivity contribution in [1.29, 1.82) is 0 Å². The third-order valence-corrected chi connectivity index (χ3v) is 5.88. The number of carboxylic acids is 1. The summed E-state index contributed by atoms with van der Waals surface area (Å²) in [5.74, 6) is -0.775. The van der Waals surface area contributed by atoms with E-state index in [1.165, 1.54) is 5.01 Å². The minimum absolute atomic E-state index is 0.116. The number of nitrogens with zero attached hydrogens (tertiary/aromatic N) is 4. The molecule has 8 nitrogen and oxygen atoms in total. The smallest absolute Gasteiger partial charge is 0.475 e. The fourth-order valence-corrected chi connectivity index (χ4v) is 4.51. The van der Waals surface area contributed by atoms with Gasteiger partial charge in [-0.1, -0.05) is 5.16 Å². The lowest BCUT2D eigenvalue weighted by Crippen LogP contribution is -2.33. The van der Waals surface area contributed by atoms with Gasteiger partial charge in [0.1, 0.15) is 5.01 Å². The predicted molar refractivity (Wildman–Crippen MR) is 95.3 cm³/mol. The molecule has 0 spiro atoms. The molecule has 2 aromatic rings. The van der Waals surface area contributed by atoms with E-state index in [9.17, 15) is 13.2 Å². The van der Waals surface area contributed by atoms with Gasteiger partial charge in [0.05, 0.1) is 19.8 Å². The highest BCUT2D eigenvalue weighted by atomic mass is 32.1. The Morgan fingerprint density at radius 3 is 2.69 bits per heavy atom. The zero-order valence-electron chi connectivity index (χ0n) is 15.9. The van der Waals surface area contributed by atoms with Crippen molar-refractivity contribution in [3.05, 3.63) is 27.8 Å². The molecule has 2 fully saturated rings. The number of carbonyl (C=O) groups is 1. The Balaban J connectivity index is 0.000000298. The number of alkyl halides is 3. The summed E-state index contributed by atoms with van der Waals surface area (Å²) in [6.07, 6.45) is -4.27. The van der Waals surface area contributed by atoms with Crippen LogP contribution < -0.4 is 0 Å². The Kier molecular flexibility index (Phi) is 6.24.